The average Bonchev–Trinajstić information content (AvgIpc) is 2.15. The molecule has 0 aliphatic carbocycles. The molecule has 0 radical (unpaired) electrons. The van der Waals surface area contributed by atoms with Crippen LogP contribution in [0.15, 0.2) is 18.2 Å². The van der Waals surface area contributed by atoms with Gasteiger partial charge in [0.25, 0.3) is 0 Å². The minimum absolute atomic E-state index is 0.638. The Morgan fingerprint density at radius 3 is 2.85 bits per heavy atom. The zero-order chi connectivity index (χ0) is 9.68. The highest BCUT2D eigenvalue weighted by atomic mass is 16.1. The van der Waals surface area contributed by atoms with Crippen molar-refractivity contribution in [2.24, 2.45) is 0 Å². The van der Waals surface area contributed by atoms with E-state index in [-0.39, 0.29) is 0 Å². The summed E-state index contributed by atoms with van der Waals surface area (Å²) in [7, 11) is 0. The molecule has 0 unspecified atom stereocenters. The van der Waals surface area contributed by atoms with Crippen LogP contribution in [0.5, 0.6) is 0 Å². The number of amides is 1. The highest BCUT2D eigenvalue weighted by Gasteiger charge is 2.02. The summed E-state index contributed by atoms with van der Waals surface area (Å²) in [5.74, 6) is 0. The second-order valence-corrected chi connectivity index (χ2v) is 3.06. The molecule has 13 heavy (non-hydrogen) atoms. The SMILES string of the molecule is CCc1cccc(C)c1CNC=O. The number of hydrogen-bond acceptors (Lipinski definition) is 1. The molecule has 0 aliphatic rings. The first-order chi connectivity index (χ1) is 6.29. The Morgan fingerprint density at radius 2 is 2.23 bits per heavy atom. The van der Waals surface area contributed by atoms with Crippen molar-refractivity contribution in [1.82, 2.24) is 5.32 Å². The minimum Gasteiger partial charge on any atom is -0.355 e. The molecule has 1 aromatic carbocycles. The van der Waals surface area contributed by atoms with Gasteiger partial charge in [-0.1, -0.05) is 25.1 Å². The lowest BCUT2D eigenvalue weighted by atomic mass is 10.0. The lowest BCUT2D eigenvalue weighted by Gasteiger charge is -2.10. The summed E-state index contributed by atoms with van der Waals surface area (Å²) in [5.41, 5.74) is 3.81. The van der Waals surface area contributed by atoms with Gasteiger partial charge < -0.3 is 5.32 Å². The Morgan fingerprint density at radius 1 is 1.46 bits per heavy atom. The molecule has 1 amide bonds. The number of carbonyl (C=O) groups is 1. The van der Waals surface area contributed by atoms with E-state index in [4.69, 9.17) is 0 Å². The Bertz CT molecular complexity index is 294. The third-order valence-corrected chi connectivity index (χ3v) is 2.25. The van der Waals surface area contributed by atoms with Crippen LogP contribution in [0.4, 0.5) is 0 Å². The van der Waals surface area contributed by atoms with Crippen molar-refractivity contribution < 1.29 is 4.79 Å². The zero-order valence-corrected chi connectivity index (χ0v) is 8.13. The van der Waals surface area contributed by atoms with Crippen LogP contribution >= 0.6 is 0 Å². The predicted octanol–water partition coefficient (Wildman–Crippen LogP) is 1.80. The Hall–Kier alpha value is -1.31. The largest absolute Gasteiger partial charge is 0.355 e. The molecule has 2 nitrogen and oxygen atoms in total. The highest BCUT2D eigenvalue weighted by molar-refractivity contribution is 5.47. The van der Waals surface area contributed by atoms with Crippen molar-refractivity contribution in [2.45, 2.75) is 26.8 Å². The smallest absolute Gasteiger partial charge is 0.207 e. The Labute approximate surface area is 79.0 Å². The van der Waals surface area contributed by atoms with E-state index >= 15 is 0 Å². The summed E-state index contributed by atoms with van der Waals surface area (Å²) in [5, 5.41) is 2.70. The molecule has 1 N–H and O–H groups in total. The zero-order valence-electron chi connectivity index (χ0n) is 8.13. The van der Waals surface area contributed by atoms with Gasteiger partial charge in [-0.15, -0.1) is 0 Å². The molecule has 0 saturated carbocycles. The normalized spacial score (nSPS) is 9.69. The van der Waals surface area contributed by atoms with E-state index in [1.165, 1.54) is 16.7 Å². The second kappa shape index (κ2) is 4.65. The van der Waals surface area contributed by atoms with Crippen LogP contribution in [-0.4, -0.2) is 6.41 Å². The average molecular weight is 177 g/mol. The van der Waals surface area contributed by atoms with E-state index in [9.17, 15) is 4.79 Å². The highest BCUT2D eigenvalue weighted by Crippen LogP contribution is 2.14. The van der Waals surface area contributed by atoms with E-state index in [1.54, 1.807) is 0 Å². The van der Waals surface area contributed by atoms with Gasteiger partial charge in [-0.3, -0.25) is 4.79 Å². The first kappa shape index (κ1) is 9.78. The summed E-state index contributed by atoms with van der Waals surface area (Å²) in [6.45, 7) is 4.83. The maximum Gasteiger partial charge on any atom is 0.207 e. The molecule has 0 fully saturated rings. The van der Waals surface area contributed by atoms with Crippen molar-refractivity contribution in [2.75, 3.05) is 0 Å². The topological polar surface area (TPSA) is 29.1 Å². The van der Waals surface area contributed by atoms with Crippen LogP contribution in [-0.2, 0) is 17.8 Å². The van der Waals surface area contributed by atoms with E-state index in [1.807, 2.05) is 0 Å². The molecule has 0 atom stereocenters. The second-order valence-electron chi connectivity index (χ2n) is 3.06. The van der Waals surface area contributed by atoms with E-state index in [2.05, 4.69) is 37.4 Å². The number of nitrogens with one attached hydrogen (secondary N) is 1. The van der Waals surface area contributed by atoms with Gasteiger partial charge in [0.15, 0.2) is 0 Å². The van der Waals surface area contributed by atoms with Crippen LogP contribution in [0, 0.1) is 6.92 Å². The number of benzene rings is 1. The van der Waals surface area contributed by atoms with Crippen LogP contribution < -0.4 is 5.32 Å². The van der Waals surface area contributed by atoms with Gasteiger partial charge in [-0.25, -0.2) is 0 Å². The summed E-state index contributed by atoms with van der Waals surface area (Å²) in [4.78, 5) is 10.2. The Kier molecular flexibility index (Phi) is 3.50. The van der Waals surface area contributed by atoms with Crippen molar-refractivity contribution >= 4 is 6.41 Å². The third kappa shape index (κ3) is 2.31. The van der Waals surface area contributed by atoms with Crippen LogP contribution in [0.3, 0.4) is 0 Å². The van der Waals surface area contributed by atoms with Gasteiger partial charge in [0.1, 0.15) is 0 Å². The van der Waals surface area contributed by atoms with Gasteiger partial charge in [-0.05, 0) is 30.0 Å². The third-order valence-electron chi connectivity index (χ3n) is 2.25. The fraction of sp³-hybridized carbons (Fsp3) is 0.364. The Balaban J connectivity index is 2.93. The minimum atomic E-state index is 0.638. The van der Waals surface area contributed by atoms with Crippen LogP contribution in [0.1, 0.15) is 23.6 Å². The fourth-order valence-corrected chi connectivity index (χ4v) is 1.49. The van der Waals surface area contributed by atoms with Crippen molar-refractivity contribution in [3.8, 4) is 0 Å². The quantitative estimate of drug-likeness (QED) is 0.698. The van der Waals surface area contributed by atoms with Gasteiger partial charge in [-0.2, -0.15) is 0 Å². The van der Waals surface area contributed by atoms with Gasteiger partial charge in [0.05, 0.1) is 0 Å². The molecular formula is C11H15NO. The molecule has 1 aromatic rings. The summed E-state index contributed by atoms with van der Waals surface area (Å²) >= 11 is 0. The molecule has 0 aliphatic heterocycles. The number of rotatable bonds is 4. The van der Waals surface area contributed by atoms with E-state index in [0.717, 1.165) is 12.8 Å². The van der Waals surface area contributed by atoms with E-state index < -0.39 is 0 Å². The fourth-order valence-electron chi connectivity index (χ4n) is 1.49. The summed E-state index contributed by atoms with van der Waals surface area (Å²) in [6.07, 6.45) is 1.75. The number of hydrogen-bond donors (Lipinski definition) is 1. The molecule has 0 spiro atoms. The molecule has 0 aromatic heterocycles. The first-order valence-electron chi connectivity index (χ1n) is 4.54. The molecule has 2 heteroatoms. The summed E-state index contributed by atoms with van der Waals surface area (Å²) < 4.78 is 0. The maximum absolute atomic E-state index is 10.2. The monoisotopic (exact) mass is 177 g/mol. The molecular weight excluding hydrogens is 162 g/mol. The van der Waals surface area contributed by atoms with E-state index in [0.29, 0.717) is 6.54 Å². The summed E-state index contributed by atoms with van der Waals surface area (Å²) in [6, 6.07) is 6.23. The van der Waals surface area contributed by atoms with Crippen molar-refractivity contribution in [1.29, 1.82) is 0 Å². The lowest BCUT2D eigenvalue weighted by Crippen LogP contribution is -2.12. The van der Waals surface area contributed by atoms with Gasteiger partial charge >= 0.3 is 0 Å². The lowest BCUT2D eigenvalue weighted by molar-refractivity contribution is -0.109. The van der Waals surface area contributed by atoms with Crippen molar-refractivity contribution in [3.63, 3.8) is 0 Å². The standard InChI is InChI=1S/C11H15NO/c1-3-10-6-4-5-9(2)11(10)7-12-8-13/h4-6,8H,3,7H2,1-2H3,(H,12,13). The van der Waals surface area contributed by atoms with Crippen molar-refractivity contribution in [3.05, 3.63) is 34.9 Å². The predicted molar refractivity (Wildman–Crippen MR) is 53.5 cm³/mol. The maximum atomic E-state index is 10.2. The molecule has 0 saturated heterocycles. The van der Waals surface area contributed by atoms with Crippen LogP contribution in [0.2, 0.25) is 0 Å². The molecule has 0 heterocycles. The first-order valence-corrected chi connectivity index (χ1v) is 4.54. The molecule has 1 rings (SSSR count). The van der Waals surface area contributed by atoms with Gasteiger partial charge in [0, 0.05) is 6.54 Å². The van der Waals surface area contributed by atoms with Gasteiger partial charge in [0.2, 0.25) is 6.41 Å². The molecule has 70 valence electrons. The number of aryl methyl sites for hydroxylation is 2. The number of carbonyl (C=O) groups excluding carboxylic acids is 1. The van der Waals surface area contributed by atoms with Crippen LogP contribution in [0.25, 0.3) is 0 Å². The molecule has 0 bridgehead atoms.